The van der Waals surface area contributed by atoms with Gasteiger partial charge in [-0.15, -0.1) is 0 Å². The van der Waals surface area contributed by atoms with Crippen LogP contribution in [0.2, 0.25) is 0 Å². The van der Waals surface area contributed by atoms with E-state index in [0.29, 0.717) is 19.4 Å². The van der Waals surface area contributed by atoms with Crippen LogP contribution in [0.15, 0.2) is 30.4 Å². The van der Waals surface area contributed by atoms with E-state index in [-0.39, 0.29) is 23.7 Å². The number of nitrogens with zero attached hydrogens (tertiary/aromatic N) is 1. The molecule has 0 bridgehead atoms. The Hall–Kier alpha value is -1.90. The van der Waals surface area contributed by atoms with Gasteiger partial charge in [0.2, 0.25) is 11.8 Å². The number of allylic oxidation sites excluding steroid dienone is 2. The van der Waals surface area contributed by atoms with Crippen molar-refractivity contribution in [1.29, 1.82) is 0 Å². The predicted octanol–water partition coefficient (Wildman–Crippen LogP) is 2.75. The molecule has 2 aliphatic rings. The molecule has 3 rings (SSSR count). The Morgan fingerprint density at radius 3 is 2.25 bits per heavy atom. The summed E-state index contributed by atoms with van der Waals surface area (Å²) in [5.41, 5.74) is 3.35. The number of hydrogen-bond acceptors (Lipinski definition) is 2. The molecule has 104 valence electrons. The van der Waals surface area contributed by atoms with Gasteiger partial charge >= 0.3 is 0 Å². The first-order valence-electron chi connectivity index (χ1n) is 7.14. The molecule has 1 fully saturated rings. The van der Waals surface area contributed by atoms with Crippen molar-refractivity contribution in [2.24, 2.45) is 11.8 Å². The SMILES string of the molecule is Cc1ccc(C)c(CN2C(=O)[C@H]3CC=CC[C@H]3C2=O)c1. The monoisotopic (exact) mass is 269 g/mol. The summed E-state index contributed by atoms with van der Waals surface area (Å²) in [6.45, 7) is 4.47. The number of carbonyl (C=O) groups is 2. The zero-order valence-electron chi connectivity index (χ0n) is 11.9. The number of carbonyl (C=O) groups excluding carboxylic acids is 2. The van der Waals surface area contributed by atoms with Gasteiger partial charge in [0, 0.05) is 0 Å². The van der Waals surface area contributed by atoms with Gasteiger partial charge in [0.25, 0.3) is 0 Å². The third kappa shape index (κ3) is 2.07. The van der Waals surface area contributed by atoms with Gasteiger partial charge in [-0.05, 0) is 37.8 Å². The number of aryl methyl sites for hydroxylation is 2. The molecule has 0 aromatic heterocycles. The molecule has 0 spiro atoms. The van der Waals surface area contributed by atoms with Crippen molar-refractivity contribution in [2.45, 2.75) is 33.2 Å². The lowest BCUT2D eigenvalue weighted by Gasteiger charge is -2.16. The van der Waals surface area contributed by atoms with E-state index in [1.54, 1.807) is 0 Å². The zero-order valence-corrected chi connectivity index (χ0v) is 11.9. The highest BCUT2D eigenvalue weighted by Gasteiger charge is 2.46. The second-order valence-corrected chi connectivity index (χ2v) is 5.85. The van der Waals surface area contributed by atoms with E-state index in [2.05, 4.69) is 12.1 Å². The molecule has 20 heavy (non-hydrogen) atoms. The van der Waals surface area contributed by atoms with E-state index >= 15 is 0 Å². The fourth-order valence-electron chi connectivity index (χ4n) is 3.17. The first-order valence-corrected chi connectivity index (χ1v) is 7.14. The second-order valence-electron chi connectivity index (χ2n) is 5.85. The van der Waals surface area contributed by atoms with Crippen LogP contribution in [0.3, 0.4) is 0 Å². The molecule has 1 aromatic carbocycles. The first kappa shape index (κ1) is 13.1. The highest BCUT2D eigenvalue weighted by atomic mass is 16.2. The summed E-state index contributed by atoms with van der Waals surface area (Å²) in [4.78, 5) is 26.3. The van der Waals surface area contributed by atoms with Gasteiger partial charge in [-0.1, -0.05) is 35.9 Å². The highest BCUT2D eigenvalue weighted by Crippen LogP contribution is 2.36. The molecule has 0 radical (unpaired) electrons. The number of amides is 2. The number of rotatable bonds is 2. The minimum absolute atomic E-state index is 0.00487. The quantitative estimate of drug-likeness (QED) is 0.611. The van der Waals surface area contributed by atoms with Gasteiger partial charge in [0.1, 0.15) is 0 Å². The molecule has 2 atom stereocenters. The minimum atomic E-state index is -0.127. The van der Waals surface area contributed by atoms with Crippen LogP contribution in [-0.2, 0) is 16.1 Å². The summed E-state index contributed by atoms with van der Waals surface area (Å²) < 4.78 is 0. The Balaban J connectivity index is 1.86. The van der Waals surface area contributed by atoms with Crippen LogP contribution < -0.4 is 0 Å². The van der Waals surface area contributed by atoms with E-state index in [1.165, 1.54) is 4.90 Å². The zero-order chi connectivity index (χ0) is 14.3. The molecule has 2 amide bonds. The number of hydrogen-bond donors (Lipinski definition) is 0. The third-order valence-electron chi connectivity index (χ3n) is 4.43. The molecular weight excluding hydrogens is 250 g/mol. The maximum Gasteiger partial charge on any atom is 0.233 e. The maximum atomic E-state index is 12.4. The summed E-state index contributed by atoms with van der Waals surface area (Å²) in [6, 6.07) is 6.16. The summed E-state index contributed by atoms with van der Waals surface area (Å²) in [5, 5.41) is 0. The average molecular weight is 269 g/mol. The van der Waals surface area contributed by atoms with Crippen molar-refractivity contribution in [2.75, 3.05) is 0 Å². The van der Waals surface area contributed by atoms with Crippen LogP contribution in [0.1, 0.15) is 29.5 Å². The van der Waals surface area contributed by atoms with Gasteiger partial charge in [0.05, 0.1) is 18.4 Å². The Labute approximate surface area is 119 Å². The Morgan fingerprint density at radius 2 is 1.65 bits per heavy atom. The summed E-state index contributed by atoms with van der Waals surface area (Å²) >= 11 is 0. The van der Waals surface area contributed by atoms with Crippen molar-refractivity contribution < 1.29 is 9.59 Å². The summed E-state index contributed by atoms with van der Waals surface area (Å²) in [5.74, 6) is -0.245. The van der Waals surface area contributed by atoms with E-state index in [0.717, 1.165) is 16.7 Å². The average Bonchev–Trinajstić information content (AvgIpc) is 2.68. The highest BCUT2D eigenvalue weighted by molar-refractivity contribution is 6.05. The molecule has 3 heteroatoms. The smallest absolute Gasteiger partial charge is 0.233 e. The number of fused-ring (bicyclic) bond motifs is 1. The van der Waals surface area contributed by atoms with Gasteiger partial charge in [-0.2, -0.15) is 0 Å². The summed E-state index contributed by atoms with van der Waals surface area (Å²) in [7, 11) is 0. The Bertz CT molecular complexity index is 577. The lowest BCUT2D eigenvalue weighted by atomic mass is 9.85. The third-order valence-corrected chi connectivity index (χ3v) is 4.43. The molecule has 0 N–H and O–H groups in total. The first-order chi connectivity index (χ1) is 9.58. The van der Waals surface area contributed by atoms with Crippen LogP contribution in [0, 0.1) is 25.7 Å². The van der Waals surface area contributed by atoms with Crippen molar-refractivity contribution >= 4 is 11.8 Å². The Kier molecular flexibility index (Phi) is 3.20. The van der Waals surface area contributed by atoms with Crippen molar-refractivity contribution in [3.63, 3.8) is 0 Å². The van der Waals surface area contributed by atoms with Gasteiger partial charge in [-0.25, -0.2) is 0 Å². The maximum absolute atomic E-state index is 12.4. The molecular formula is C17H19NO2. The second kappa shape index (κ2) is 4.89. The standard InChI is InChI=1S/C17H19NO2/c1-11-7-8-12(2)13(9-11)10-18-16(19)14-5-3-4-6-15(14)17(18)20/h3-4,7-9,14-15H,5-6,10H2,1-2H3/t14-,15+. The van der Waals surface area contributed by atoms with Crippen LogP contribution in [-0.4, -0.2) is 16.7 Å². The van der Waals surface area contributed by atoms with E-state index in [4.69, 9.17) is 0 Å². The number of imide groups is 1. The van der Waals surface area contributed by atoms with Gasteiger partial charge in [-0.3, -0.25) is 14.5 Å². The Morgan fingerprint density at radius 1 is 1.05 bits per heavy atom. The largest absolute Gasteiger partial charge is 0.278 e. The summed E-state index contributed by atoms with van der Waals surface area (Å²) in [6.07, 6.45) is 5.46. The minimum Gasteiger partial charge on any atom is -0.278 e. The molecule has 1 heterocycles. The van der Waals surface area contributed by atoms with Crippen LogP contribution >= 0.6 is 0 Å². The van der Waals surface area contributed by atoms with E-state index < -0.39 is 0 Å². The molecule has 1 aliphatic heterocycles. The lowest BCUT2D eigenvalue weighted by molar-refractivity contribution is -0.140. The van der Waals surface area contributed by atoms with Gasteiger partial charge in [0.15, 0.2) is 0 Å². The molecule has 1 aliphatic carbocycles. The topological polar surface area (TPSA) is 37.4 Å². The predicted molar refractivity (Wildman–Crippen MR) is 76.8 cm³/mol. The molecule has 0 saturated carbocycles. The molecule has 3 nitrogen and oxygen atoms in total. The lowest BCUT2D eigenvalue weighted by Crippen LogP contribution is -2.30. The number of likely N-dealkylation sites (tertiary alicyclic amines) is 1. The van der Waals surface area contributed by atoms with Crippen molar-refractivity contribution in [3.05, 3.63) is 47.0 Å². The van der Waals surface area contributed by atoms with Crippen LogP contribution in [0.25, 0.3) is 0 Å². The molecule has 1 saturated heterocycles. The van der Waals surface area contributed by atoms with E-state index in [1.807, 2.05) is 32.1 Å². The number of benzene rings is 1. The van der Waals surface area contributed by atoms with E-state index in [9.17, 15) is 9.59 Å². The fraction of sp³-hybridized carbons (Fsp3) is 0.412. The molecule has 1 aromatic rings. The normalized spacial score (nSPS) is 25.2. The van der Waals surface area contributed by atoms with Gasteiger partial charge < -0.3 is 0 Å². The van der Waals surface area contributed by atoms with Crippen molar-refractivity contribution in [3.8, 4) is 0 Å². The van der Waals surface area contributed by atoms with Crippen molar-refractivity contribution in [1.82, 2.24) is 4.90 Å². The molecule has 0 unspecified atom stereocenters. The fourth-order valence-corrected chi connectivity index (χ4v) is 3.17. The van der Waals surface area contributed by atoms with Crippen LogP contribution in [0.4, 0.5) is 0 Å². The van der Waals surface area contributed by atoms with Crippen LogP contribution in [0.5, 0.6) is 0 Å².